The van der Waals surface area contributed by atoms with E-state index in [0.29, 0.717) is 45.5 Å². The van der Waals surface area contributed by atoms with Crippen molar-refractivity contribution in [3.05, 3.63) is 68.3 Å². The molecule has 9 nitrogen and oxygen atoms in total. The highest BCUT2D eigenvalue weighted by Gasteiger charge is 2.59. The van der Waals surface area contributed by atoms with Crippen LogP contribution < -0.4 is 5.32 Å². The zero-order valence-electron chi connectivity index (χ0n) is 19.7. The van der Waals surface area contributed by atoms with E-state index in [1.807, 2.05) is 12.1 Å². The molecule has 12 heteroatoms. The number of rotatable bonds is 6. The molecule has 2 aromatic rings. The fraction of sp³-hybridized carbons (Fsp3) is 0.320. The minimum Gasteiger partial charge on any atom is -0.481 e. The zero-order chi connectivity index (χ0) is 26.3. The Morgan fingerprint density at radius 2 is 2.05 bits per heavy atom. The SMILES string of the molecule is CC(OC(=O)Nc1c(C#CC2=CC3SC(C4(C(=O)O)CC4)=C(OO)C3S2)cnn1C)c1ccccc1Cl. The van der Waals surface area contributed by atoms with Gasteiger partial charge in [-0.3, -0.25) is 14.8 Å². The molecule has 192 valence electrons. The number of hydrogen-bond donors (Lipinski definition) is 3. The number of carboxylic acids is 1. The molecular formula is C25H22ClN3O6S2. The predicted molar refractivity (Wildman–Crippen MR) is 141 cm³/mol. The largest absolute Gasteiger partial charge is 0.481 e. The summed E-state index contributed by atoms with van der Waals surface area (Å²) in [7, 11) is 1.68. The molecule has 1 aromatic carbocycles. The van der Waals surface area contributed by atoms with Crippen LogP contribution in [-0.2, 0) is 21.5 Å². The normalized spacial score (nSPS) is 21.9. The number of carbonyl (C=O) groups is 2. The highest BCUT2D eigenvalue weighted by atomic mass is 35.5. The molecule has 1 aliphatic carbocycles. The van der Waals surface area contributed by atoms with E-state index < -0.39 is 23.6 Å². The highest BCUT2D eigenvalue weighted by Crippen LogP contribution is 2.64. The summed E-state index contributed by atoms with van der Waals surface area (Å²) in [5.74, 6) is 5.90. The van der Waals surface area contributed by atoms with Crippen molar-refractivity contribution in [1.82, 2.24) is 9.78 Å². The van der Waals surface area contributed by atoms with Crippen LogP contribution in [0.25, 0.3) is 0 Å². The van der Waals surface area contributed by atoms with Gasteiger partial charge in [0.1, 0.15) is 17.3 Å². The first kappa shape index (κ1) is 25.6. The maximum atomic E-state index is 12.6. The average molecular weight is 560 g/mol. The van der Waals surface area contributed by atoms with E-state index in [0.717, 1.165) is 4.91 Å². The van der Waals surface area contributed by atoms with E-state index in [1.165, 1.54) is 28.2 Å². The van der Waals surface area contributed by atoms with Gasteiger partial charge in [0, 0.05) is 27.8 Å². The molecule has 1 fully saturated rings. The third kappa shape index (κ3) is 4.82. The van der Waals surface area contributed by atoms with Crippen molar-refractivity contribution in [2.75, 3.05) is 5.32 Å². The number of nitrogens with one attached hydrogen (secondary N) is 1. The summed E-state index contributed by atoms with van der Waals surface area (Å²) < 4.78 is 6.97. The van der Waals surface area contributed by atoms with Gasteiger partial charge in [-0.25, -0.2) is 10.1 Å². The number of hydrogen-bond acceptors (Lipinski definition) is 8. The quantitative estimate of drug-likeness (QED) is 0.242. The van der Waals surface area contributed by atoms with E-state index in [4.69, 9.17) is 16.3 Å². The first-order valence-corrected chi connectivity index (χ1v) is 13.5. The molecule has 1 amide bonds. The van der Waals surface area contributed by atoms with Crippen LogP contribution in [0.3, 0.4) is 0 Å². The average Bonchev–Trinajstić information content (AvgIpc) is 3.33. The third-order valence-corrected chi connectivity index (χ3v) is 9.68. The fourth-order valence-corrected chi connectivity index (χ4v) is 7.63. The molecule has 0 saturated heterocycles. The molecule has 2 aliphatic heterocycles. The number of halogens is 1. The van der Waals surface area contributed by atoms with Crippen molar-refractivity contribution in [3.63, 3.8) is 0 Å². The lowest BCUT2D eigenvalue weighted by atomic mass is 10.0. The predicted octanol–water partition coefficient (Wildman–Crippen LogP) is 5.42. The summed E-state index contributed by atoms with van der Waals surface area (Å²) >= 11 is 9.01. The maximum absolute atomic E-state index is 12.6. The summed E-state index contributed by atoms with van der Waals surface area (Å²) in [6.45, 7) is 1.73. The van der Waals surface area contributed by atoms with Crippen LogP contribution in [0, 0.1) is 17.3 Å². The number of fused-ring (bicyclic) bond motifs is 1. The van der Waals surface area contributed by atoms with Crippen molar-refractivity contribution in [3.8, 4) is 11.8 Å². The molecule has 3 N–H and O–H groups in total. The number of carbonyl (C=O) groups excluding carboxylic acids is 1. The molecule has 37 heavy (non-hydrogen) atoms. The first-order valence-electron chi connectivity index (χ1n) is 11.3. The molecule has 0 bridgehead atoms. The Morgan fingerprint density at radius 3 is 2.73 bits per heavy atom. The van der Waals surface area contributed by atoms with Gasteiger partial charge in [0.15, 0.2) is 5.76 Å². The molecule has 1 aromatic heterocycles. The number of aryl methyl sites for hydroxylation is 1. The molecule has 0 radical (unpaired) electrons. The minimum atomic E-state index is -0.943. The summed E-state index contributed by atoms with van der Waals surface area (Å²) in [5, 5.41) is 26.2. The molecule has 3 aliphatic rings. The smallest absolute Gasteiger partial charge is 0.413 e. The van der Waals surface area contributed by atoms with Crippen molar-refractivity contribution >= 4 is 53.0 Å². The topological polar surface area (TPSA) is 123 Å². The fourth-order valence-electron chi connectivity index (χ4n) is 4.24. The third-order valence-electron chi connectivity index (χ3n) is 6.40. The van der Waals surface area contributed by atoms with Crippen LogP contribution >= 0.6 is 35.1 Å². The molecular weight excluding hydrogens is 538 g/mol. The number of aromatic nitrogens is 2. The minimum absolute atomic E-state index is 0.0870. The standard InChI is InChI=1S/C25H22ClN3O6S2/c1-13(16-5-3-4-6-17(16)26)34-24(32)28-22-14(12-27-29(22)2)7-8-15-11-18-20(36-15)19(35-33)21(37-18)25(9-10-25)23(30)31/h3-6,11-13,18,20,33H,9-10H2,1-2H3,(H,28,32)(H,30,31). The molecule has 5 rings (SSSR count). The summed E-state index contributed by atoms with van der Waals surface area (Å²) in [5.41, 5.74) is 0.243. The zero-order valence-corrected chi connectivity index (χ0v) is 22.1. The van der Waals surface area contributed by atoms with Gasteiger partial charge in [0.25, 0.3) is 0 Å². The molecule has 3 atom stereocenters. The lowest BCUT2D eigenvalue weighted by Crippen LogP contribution is -2.18. The van der Waals surface area contributed by atoms with E-state index in [2.05, 4.69) is 27.1 Å². The van der Waals surface area contributed by atoms with Crippen LogP contribution in [0.2, 0.25) is 5.02 Å². The summed E-state index contributed by atoms with van der Waals surface area (Å²) in [6, 6.07) is 7.14. The van der Waals surface area contributed by atoms with E-state index in [1.54, 1.807) is 38.4 Å². The van der Waals surface area contributed by atoms with Gasteiger partial charge in [-0.05, 0) is 31.9 Å². The number of benzene rings is 1. The maximum Gasteiger partial charge on any atom is 0.413 e. The molecule has 1 saturated carbocycles. The number of aliphatic carboxylic acids is 1. The van der Waals surface area contributed by atoms with Gasteiger partial charge < -0.3 is 14.7 Å². The van der Waals surface area contributed by atoms with Crippen LogP contribution in [0.5, 0.6) is 0 Å². The van der Waals surface area contributed by atoms with E-state index >= 15 is 0 Å². The second kappa shape index (κ2) is 10.0. The monoisotopic (exact) mass is 559 g/mol. The van der Waals surface area contributed by atoms with Gasteiger partial charge in [0.05, 0.1) is 21.9 Å². The van der Waals surface area contributed by atoms with Crippen molar-refractivity contribution in [2.45, 2.75) is 36.4 Å². The Bertz CT molecular complexity index is 1400. The number of carboxylic acid groups (broad SMARTS) is 1. The Balaban J connectivity index is 1.27. The lowest BCUT2D eigenvalue weighted by Gasteiger charge is -2.15. The number of amides is 1. The molecule has 3 heterocycles. The number of thioether (sulfide) groups is 2. The van der Waals surface area contributed by atoms with Gasteiger partial charge in [-0.2, -0.15) is 5.10 Å². The Hall–Kier alpha value is -3.04. The van der Waals surface area contributed by atoms with E-state index in [-0.39, 0.29) is 10.5 Å². The molecule has 0 spiro atoms. The van der Waals surface area contributed by atoms with Gasteiger partial charge in [0.2, 0.25) is 0 Å². The summed E-state index contributed by atoms with van der Waals surface area (Å²) in [6.07, 6.45) is 3.32. The number of anilines is 1. The van der Waals surface area contributed by atoms with Crippen LogP contribution in [0.15, 0.2) is 52.1 Å². The number of nitrogens with zero attached hydrogens (tertiary/aromatic N) is 2. The van der Waals surface area contributed by atoms with Crippen molar-refractivity contribution in [1.29, 1.82) is 0 Å². The number of ether oxygens (including phenoxy) is 1. The number of allylic oxidation sites excluding steroid dienone is 1. The lowest BCUT2D eigenvalue weighted by molar-refractivity contribution is -0.205. The van der Waals surface area contributed by atoms with Gasteiger partial charge in [-0.15, -0.1) is 23.5 Å². The van der Waals surface area contributed by atoms with Crippen LogP contribution in [-0.4, -0.2) is 42.7 Å². The summed E-state index contributed by atoms with van der Waals surface area (Å²) in [4.78, 5) is 30.3. The first-order chi connectivity index (χ1) is 17.7. The van der Waals surface area contributed by atoms with Crippen LogP contribution in [0.4, 0.5) is 10.6 Å². The van der Waals surface area contributed by atoms with Crippen molar-refractivity contribution < 1.29 is 29.6 Å². The molecule has 3 unspecified atom stereocenters. The second-order valence-electron chi connectivity index (χ2n) is 8.80. The Labute approximate surface area is 226 Å². The second-order valence-corrected chi connectivity index (χ2v) is 11.6. The van der Waals surface area contributed by atoms with E-state index in [9.17, 15) is 20.0 Å². The van der Waals surface area contributed by atoms with Gasteiger partial charge >= 0.3 is 12.1 Å². The highest BCUT2D eigenvalue weighted by molar-refractivity contribution is 8.09. The van der Waals surface area contributed by atoms with Gasteiger partial charge in [-0.1, -0.05) is 41.6 Å². The van der Waals surface area contributed by atoms with Crippen LogP contribution in [0.1, 0.15) is 37.0 Å². The Kier molecular flexibility index (Phi) is 6.93. The Morgan fingerprint density at radius 1 is 1.30 bits per heavy atom. The van der Waals surface area contributed by atoms with Crippen molar-refractivity contribution in [2.24, 2.45) is 12.5 Å².